The lowest BCUT2D eigenvalue weighted by Gasteiger charge is -2.14. The standard InChI is InChI=1S/C22H19ClFN3O4S/c23-18-14-15(24)10-11-17(18)22(29)25-13-12-21(28)26-19-8-4-5-9-20(19)27-32(30,31)16-6-2-1-3-7-16/h1-11,14,27H,12-13H2,(H,25,29)(H,26,28). The molecule has 3 aromatic carbocycles. The van der Waals surface area contributed by atoms with E-state index < -0.39 is 27.7 Å². The zero-order valence-corrected chi connectivity index (χ0v) is 18.2. The summed E-state index contributed by atoms with van der Waals surface area (Å²) in [4.78, 5) is 24.5. The minimum absolute atomic E-state index is 0.00369. The summed E-state index contributed by atoms with van der Waals surface area (Å²) in [5.41, 5.74) is 0.561. The molecule has 0 aliphatic heterocycles. The summed E-state index contributed by atoms with van der Waals surface area (Å²) in [7, 11) is -3.84. The normalized spacial score (nSPS) is 10.9. The van der Waals surface area contributed by atoms with Crippen molar-refractivity contribution in [3.63, 3.8) is 0 Å². The van der Waals surface area contributed by atoms with Gasteiger partial charge in [-0.2, -0.15) is 0 Å². The Labute approximate surface area is 189 Å². The topological polar surface area (TPSA) is 104 Å². The Morgan fingerprint density at radius 3 is 2.25 bits per heavy atom. The Bertz CT molecular complexity index is 1240. The number of nitrogens with one attached hydrogen (secondary N) is 3. The number of hydrogen-bond donors (Lipinski definition) is 3. The molecule has 0 heterocycles. The summed E-state index contributed by atoms with van der Waals surface area (Å²) in [6.07, 6.45) is -0.0790. The van der Waals surface area contributed by atoms with E-state index in [1.807, 2.05) is 0 Å². The molecule has 0 aromatic heterocycles. The van der Waals surface area contributed by atoms with Gasteiger partial charge in [0.2, 0.25) is 5.91 Å². The van der Waals surface area contributed by atoms with Crippen LogP contribution in [-0.4, -0.2) is 26.8 Å². The second kappa shape index (κ2) is 10.3. The number of benzene rings is 3. The molecule has 3 aromatic rings. The highest BCUT2D eigenvalue weighted by Gasteiger charge is 2.17. The molecule has 0 saturated carbocycles. The Hall–Kier alpha value is -3.43. The SMILES string of the molecule is O=C(CCNC(=O)c1ccc(F)cc1Cl)Nc1ccccc1NS(=O)(=O)c1ccccc1. The number of halogens is 2. The highest BCUT2D eigenvalue weighted by Crippen LogP contribution is 2.24. The third-order valence-corrected chi connectivity index (χ3v) is 6.01. The van der Waals surface area contributed by atoms with Crippen LogP contribution >= 0.6 is 11.6 Å². The maximum Gasteiger partial charge on any atom is 0.261 e. The van der Waals surface area contributed by atoms with Crippen LogP contribution in [0.3, 0.4) is 0 Å². The molecular weight excluding hydrogens is 457 g/mol. The second-order valence-corrected chi connectivity index (χ2v) is 8.73. The van der Waals surface area contributed by atoms with Gasteiger partial charge in [-0.05, 0) is 42.5 Å². The van der Waals surface area contributed by atoms with Gasteiger partial charge < -0.3 is 10.6 Å². The van der Waals surface area contributed by atoms with Gasteiger partial charge in [-0.3, -0.25) is 14.3 Å². The summed E-state index contributed by atoms with van der Waals surface area (Å²) in [5, 5.41) is 5.12. The van der Waals surface area contributed by atoms with E-state index in [1.165, 1.54) is 24.3 Å². The molecule has 10 heteroatoms. The van der Waals surface area contributed by atoms with Crippen LogP contribution in [0.5, 0.6) is 0 Å². The molecule has 3 N–H and O–H groups in total. The van der Waals surface area contributed by atoms with Crippen molar-refractivity contribution in [2.75, 3.05) is 16.6 Å². The van der Waals surface area contributed by atoms with Crippen molar-refractivity contribution >= 4 is 44.8 Å². The first kappa shape index (κ1) is 23.2. The molecule has 166 valence electrons. The van der Waals surface area contributed by atoms with Crippen LogP contribution in [0.4, 0.5) is 15.8 Å². The van der Waals surface area contributed by atoms with E-state index in [2.05, 4.69) is 15.4 Å². The predicted molar refractivity (Wildman–Crippen MR) is 121 cm³/mol. The van der Waals surface area contributed by atoms with E-state index in [4.69, 9.17) is 11.6 Å². The van der Waals surface area contributed by atoms with Crippen LogP contribution in [0.1, 0.15) is 16.8 Å². The van der Waals surface area contributed by atoms with Gasteiger partial charge >= 0.3 is 0 Å². The first-order valence-corrected chi connectivity index (χ1v) is 11.3. The van der Waals surface area contributed by atoms with Crippen molar-refractivity contribution in [2.45, 2.75) is 11.3 Å². The molecule has 0 spiro atoms. The van der Waals surface area contributed by atoms with E-state index >= 15 is 0 Å². The van der Waals surface area contributed by atoms with E-state index in [-0.39, 0.29) is 39.8 Å². The summed E-state index contributed by atoms with van der Waals surface area (Å²) >= 11 is 5.85. The van der Waals surface area contributed by atoms with Crippen LogP contribution in [0.2, 0.25) is 5.02 Å². The molecule has 0 fully saturated rings. The molecule has 3 rings (SSSR count). The van der Waals surface area contributed by atoms with Gasteiger partial charge in [0, 0.05) is 13.0 Å². The lowest BCUT2D eigenvalue weighted by Crippen LogP contribution is -2.28. The highest BCUT2D eigenvalue weighted by atomic mass is 35.5. The maximum absolute atomic E-state index is 13.1. The number of sulfonamides is 1. The van der Waals surface area contributed by atoms with Crippen molar-refractivity contribution in [2.24, 2.45) is 0 Å². The van der Waals surface area contributed by atoms with Crippen LogP contribution in [0, 0.1) is 5.82 Å². The monoisotopic (exact) mass is 475 g/mol. The van der Waals surface area contributed by atoms with Gasteiger partial charge in [-0.25, -0.2) is 12.8 Å². The quantitative estimate of drug-likeness (QED) is 0.457. The van der Waals surface area contributed by atoms with Crippen LogP contribution in [0.25, 0.3) is 0 Å². The van der Waals surface area contributed by atoms with Crippen molar-refractivity contribution in [1.29, 1.82) is 0 Å². The molecule has 0 unspecified atom stereocenters. The zero-order chi connectivity index (χ0) is 23.1. The van der Waals surface area contributed by atoms with E-state index in [0.29, 0.717) is 0 Å². The van der Waals surface area contributed by atoms with Gasteiger partial charge in [0.25, 0.3) is 15.9 Å². The fourth-order valence-corrected chi connectivity index (χ4v) is 4.11. The number of amides is 2. The van der Waals surface area contributed by atoms with Crippen LogP contribution in [0.15, 0.2) is 77.7 Å². The van der Waals surface area contributed by atoms with Gasteiger partial charge in [-0.1, -0.05) is 41.9 Å². The molecular formula is C22H19ClFN3O4S. The zero-order valence-electron chi connectivity index (χ0n) is 16.6. The summed E-state index contributed by atoms with van der Waals surface area (Å²) < 4.78 is 40.7. The molecule has 0 aliphatic carbocycles. The van der Waals surface area contributed by atoms with Crippen LogP contribution < -0.4 is 15.4 Å². The van der Waals surface area contributed by atoms with Gasteiger partial charge in [0.15, 0.2) is 0 Å². The molecule has 7 nitrogen and oxygen atoms in total. The first-order valence-electron chi connectivity index (χ1n) is 9.46. The smallest absolute Gasteiger partial charge is 0.261 e. The van der Waals surface area contributed by atoms with Gasteiger partial charge in [0.1, 0.15) is 5.82 Å². The lowest BCUT2D eigenvalue weighted by molar-refractivity contribution is -0.116. The third-order valence-electron chi connectivity index (χ3n) is 4.31. The Balaban J connectivity index is 1.59. The third kappa shape index (κ3) is 6.05. The Kier molecular flexibility index (Phi) is 7.45. The minimum Gasteiger partial charge on any atom is -0.351 e. The molecule has 0 radical (unpaired) electrons. The Morgan fingerprint density at radius 1 is 0.906 bits per heavy atom. The number of carbonyl (C=O) groups is 2. The van der Waals surface area contributed by atoms with Crippen molar-refractivity contribution in [3.8, 4) is 0 Å². The minimum atomic E-state index is -3.84. The molecule has 0 saturated heterocycles. The fourth-order valence-electron chi connectivity index (χ4n) is 2.76. The van der Waals surface area contributed by atoms with Crippen molar-refractivity contribution < 1.29 is 22.4 Å². The molecule has 2 amide bonds. The fraction of sp³-hybridized carbons (Fsp3) is 0.0909. The Morgan fingerprint density at radius 2 is 1.56 bits per heavy atom. The number of carbonyl (C=O) groups excluding carboxylic acids is 2. The van der Waals surface area contributed by atoms with Gasteiger partial charge in [-0.15, -0.1) is 0 Å². The number of para-hydroxylation sites is 2. The second-order valence-electron chi connectivity index (χ2n) is 6.64. The molecule has 0 aliphatic rings. The highest BCUT2D eigenvalue weighted by molar-refractivity contribution is 7.92. The summed E-state index contributed by atoms with van der Waals surface area (Å²) in [6.45, 7) is -0.00369. The van der Waals surface area contributed by atoms with Crippen molar-refractivity contribution in [3.05, 3.63) is 89.2 Å². The largest absolute Gasteiger partial charge is 0.351 e. The average molecular weight is 476 g/mol. The molecule has 0 atom stereocenters. The van der Waals surface area contributed by atoms with Gasteiger partial charge in [0.05, 0.1) is 26.9 Å². The predicted octanol–water partition coefficient (Wildman–Crippen LogP) is 4.04. The number of hydrogen-bond acceptors (Lipinski definition) is 4. The van der Waals surface area contributed by atoms with E-state index in [9.17, 15) is 22.4 Å². The average Bonchev–Trinajstić information content (AvgIpc) is 2.75. The first-order chi connectivity index (χ1) is 15.3. The summed E-state index contributed by atoms with van der Waals surface area (Å²) in [6, 6.07) is 17.6. The number of rotatable bonds is 8. The van der Waals surface area contributed by atoms with Crippen LogP contribution in [-0.2, 0) is 14.8 Å². The maximum atomic E-state index is 13.1. The van der Waals surface area contributed by atoms with E-state index in [1.54, 1.807) is 36.4 Å². The van der Waals surface area contributed by atoms with Crippen molar-refractivity contribution in [1.82, 2.24) is 5.32 Å². The number of anilines is 2. The lowest BCUT2D eigenvalue weighted by atomic mass is 10.2. The van der Waals surface area contributed by atoms with E-state index in [0.717, 1.165) is 12.1 Å². The summed E-state index contributed by atoms with van der Waals surface area (Å²) in [5.74, 6) is -1.55. The molecule has 32 heavy (non-hydrogen) atoms. The molecule has 0 bridgehead atoms.